The largest absolute Gasteiger partial charge is 0.314 e. The Morgan fingerprint density at radius 3 is 2.83 bits per heavy atom. The number of hydrogen-bond donors (Lipinski definition) is 1. The van der Waals surface area contributed by atoms with E-state index in [-0.39, 0.29) is 0 Å². The van der Waals surface area contributed by atoms with E-state index < -0.39 is 0 Å². The molecule has 0 radical (unpaired) electrons. The van der Waals surface area contributed by atoms with Gasteiger partial charge in [-0.25, -0.2) is 0 Å². The van der Waals surface area contributed by atoms with Gasteiger partial charge in [0.25, 0.3) is 0 Å². The molecule has 0 aromatic heterocycles. The lowest BCUT2D eigenvalue weighted by Crippen LogP contribution is -2.36. The Balaban J connectivity index is 2.05. The molecule has 2 nitrogen and oxygen atoms in total. The van der Waals surface area contributed by atoms with Crippen molar-refractivity contribution in [1.29, 1.82) is 0 Å². The Labute approximate surface area is 76.3 Å². The van der Waals surface area contributed by atoms with Crippen LogP contribution in [0.1, 0.15) is 32.6 Å². The predicted molar refractivity (Wildman–Crippen MR) is 53.4 cm³/mol. The third kappa shape index (κ3) is 3.55. The maximum Gasteiger partial charge on any atom is 0.00792 e. The standard InChI is InChI=1S/C10H22N2/c1-3-12(2)9-7-10-6-4-5-8-11-10/h10-11H,3-9H2,1-2H3. The summed E-state index contributed by atoms with van der Waals surface area (Å²) in [5.41, 5.74) is 0. The number of nitrogens with one attached hydrogen (secondary N) is 1. The summed E-state index contributed by atoms with van der Waals surface area (Å²) in [5, 5.41) is 3.57. The van der Waals surface area contributed by atoms with Gasteiger partial charge in [-0.05, 0) is 45.9 Å². The summed E-state index contributed by atoms with van der Waals surface area (Å²) in [6, 6.07) is 0.799. The zero-order valence-electron chi connectivity index (χ0n) is 8.47. The maximum atomic E-state index is 3.57. The fraction of sp³-hybridized carbons (Fsp3) is 1.00. The normalized spacial score (nSPS) is 24.8. The van der Waals surface area contributed by atoms with Gasteiger partial charge in [0.1, 0.15) is 0 Å². The molecular formula is C10H22N2. The summed E-state index contributed by atoms with van der Waals surface area (Å²) in [6.45, 7) is 5.87. The topological polar surface area (TPSA) is 15.3 Å². The van der Waals surface area contributed by atoms with E-state index >= 15 is 0 Å². The number of rotatable bonds is 4. The summed E-state index contributed by atoms with van der Waals surface area (Å²) in [4.78, 5) is 2.39. The van der Waals surface area contributed by atoms with Crippen molar-refractivity contribution in [3.05, 3.63) is 0 Å². The lowest BCUT2D eigenvalue weighted by atomic mass is 10.0. The molecule has 0 bridgehead atoms. The van der Waals surface area contributed by atoms with Crippen molar-refractivity contribution >= 4 is 0 Å². The van der Waals surface area contributed by atoms with Gasteiger partial charge >= 0.3 is 0 Å². The van der Waals surface area contributed by atoms with E-state index in [1.807, 2.05) is 0 Å². The van der Waals surface area contributed by atoms with E-state index in [9.17, 15) is 0 Å². The molecule has 0 amide bonds. The minimum atomic E-state index is 0.799. The van der Waals surface area contributed by atoms with Gasteiger partial charge in [-0.1, -0.05) is 13.3 Å². The lowest BCUT2D eigenvalue weighted by Gasteiger charge is -2.25. The van der Waals surface area contributed by atoms with Crippen LogP contribution in [0.2, 0.25) is 0 Å². The minimum Gasteiger partial charge on any atom is -0.314 e. The van der Waals surface area contributed by atoms with Crippen LogP contribution in [0.25, 0.3) is 0 Å². The Hall–Kier alpha value is -0.0800. The summed E-state index contributed by atoms with van der Waals surface area (Å²) >= 11 is 0. The van der Waals surface area contributed by atoms with E-state index in [1.165, 1.54) is 45.3 Å². The third-order valence-corrected chi connectivity index (χ3v) is 2.81. The molecule has 0 saturated carbocycles. The molecule has 1 atom stereocenters. The molecule has 1 saturated heterocycles. The lowest BCUT2D eigenvalue weighted by molar-refractivity contribution is 0.297. The monoisotopic (exact) mass is 170 g/mol. The second-order valence-corrected chi connectivity index (χ2v) is 3.83. The van der Waals surface area contributed by atoms with Crippen molar-refractivity contribution in [2.24, 2.45) is 0 Å². The van der Waals surface area contributed by atoms with Gasteiger partial charge in [0.05, 0.1) is 0 Å². The van der Waals surface area contributed by atoms with Crippen LogP contribution in [0.15, 0.2) is 0 Å². The smallest absolute Gasteiger partial charge is 0.00792 e. The van der Waals surface area contributed by atoms with Gasteiger partial charge in [0.2, 0.25) is 0 Å². The van der Waals surface area contributed by atoms with E-state index in [0.717, 1.165) is 6.04 Å². The van der Waals surface area contributed by atoms with Crippen LogP contribution in [0, 0.1) is 0 Å². The number of piperidine rings is 1. The summed E-state index contributed by atoms with van der Waals surface area (Å²) in [7, 11) is 2.20. The van der Waals surface area contributed by atoms with Gasteiger partial charge in [-0.2, -0.15) is 0 Å². The molecule has 1 aliphatic rings. The molecule has 1 N–H and O–H groups in total. The highest BCUT2D eigenvalue weighted by Gasteiger charge is 2.11. The van der Waals surface area contributed by atoms with Gasteiger partial charge in [-0.3, -0.25) is 0 Å². The molecule has 1 unspecified atom stereocenters. The van der Waals surface area contributed by atoms with Gasteiger partial charge in [-0.15, -0.1) is 0 Å². The number of hydrogen-bond acceptors (Lipinski definition) is 2. The Morgan fingerprint density at radius 1 is 1.42 bits per heavy atom. The van der Waals surface area contributed by atoms with Crippen LogP contribution in [0.3, 0.4) is 0 Å². The SMILES string of the molecule is CCN(C)CCC1CCCCN1. The third-order valence-electron chi connectivity index (χ3n) is 2.81. The molecule has 0 aliphatic carbocycles. The quantitative estimate of drug-likeness (QED) is 0.687. The zero-order valence-corrected chi connectivity index (χ0v) is 8.47. The fourth-order valence-corrected chi connectivity index (χ4v) is 1.70. The van der Waals surface area contributed by atoms with E-state index in [4.69, 9.17) is 0 Å². The van der Waals surface area contributed by atoms with Gasteiger partial charge in [0.15, 0.2) is 0 Å². The van der Waals surface area contributed by atoms with Crippen molar-refractivity contribution in [3.63, 3.8) is 0 Å². The van der Waals surface area contributed by atoms with Crippen molar-refractivity contribution in [2.75, 3.05) is 26.7 Å². The molecule has 1 fully saturated rings. The molecule has 0 aromatic carbocycles. The van der Waals surface area contributed by atoms with Crippen LogP contribution in [0.4, 0.5) is 0 Å². The highest BCUT2D eigenvalue weighted by molar-refractivity contribution is 4.72. The van der Waals surface area contributed by atoms with Crippen LogP contribution in [-0.2, 0) is 0 Å². The van der Waals surface area contributed by atoms with Crippen LogP contribution in [-0.4, -0.2) is 37.6 Å². The van der Waals surface area contributed by atoms with Crippen molar-refractivity contribution < 1.29 is 0 Å². The molecule has 1 rings (SSSR count). The maximum absolute atomic E-state index is 3.57. The molecular weight excluding hydrogens is 148 g/mol. The summed E-state index contributed by atoms with van der Waals surface area (Å²) in [5.74, 6) is 0. The van der Waals surface area contributed by atoms with Gasteiger partial charge in [0, 0.05) is 6.04 Å². The molecule has 12 heavy (non-hydrogen) atoms. The Kier molecular flexibility index (Phi) is 4.62. The van der Waals surface area contributed by atoms with E-state index in [2.05, 4.69) is 24.2 Å². The second kappa shape index (κ2) is 5.55. The molecule has 1 aliphatic heterocycles. The van der Waals surface area contributed by atoms with Crippen molar-refractivity contribution in [2.45, 2.75) is 38.6 Å². The summed E-state index contributed by atoms with van der Waals surface area (Å²) in [6.07, 6.45) is 5.51. The molecule has 0 spiro atoms. The first-order chi connectivity index (χ1) is 5.83. The van der Waals surface area contributed by atoms with E-state index in [1.54, 1.807) is 0 Å². The number of nitrogens with zero attached hydrogens (tertiary/aromatic N) is 1. The predicted octanol–water partition coefficient (Wildman–Crippen LogP) is 1.47. The fourth-order valence-electron chi connectivity index (χ4n) is 1.70. The van der Waals surface area contributed by atoms with Crippen molar-refractivity contribution in [3.8, 4) is 0 Å². The average Bonchev–Trinajstić information content (AvgIpc) is 2.16. The van der Waals surface area contributed by atoms with Gasteiger partial charge < -0.3 is 10.2 Å². The molecule has 72 valence electrons. The second-order valence-electron chi connectivity index (χ2n) is 3.83. The highest BCUT2D eigenvalue weighted by Crippen LogP contribution is 2.09. The summed E-state index contributed by atoms with van der Waals surface area (Å²) < 4.78 is 0. The zero-order chi connectivity index (χ0) is 8.81. The average molecular weight is 170 g/mol. The minimum absolute atomic E-state index is 0.799. The molecule has 0 aromatic rings. The van der Waals surface area contributed by atoms with E-state index in [0.29, 0.717) is 0 Å². The first-order valence-corrected chi connectivity index (χ1v) is 5.25. The van der Waals surface area contributed by atoms with Crippen LogP contribution < -0.4 is 5.32 Å². The first-order valence-electron chi connectivity index (χ1n) is 5.25. The van der Waals surface area contributed by atoms with Crippen molar-refractivity contribution in [1.82, 2.24) is 10.2 Å². The van der Waals surface area contributed by atoms with Crippen LogP contribution in [0.5, 0.6) is 0 Å². The first kappa shape index (κ1) is 10.0. The Morgan fingerprint density at radius 2 is 2.25 bits per heavy atom. The van der Waals surface area contributed by atoms with Crippen LogP contribution >= 0.6 is 0 Å². The Bertz CT molecular complexity index is 108. The molecule has 1 heterocycles. The highest BCUT2D eigenvalue weighted by atomic mass is 15.1. The molecule has 2 heteroatoms.